The van der Waals surface area contributed by atoms with E-state index in [1.807, 2.05) is 0 Å². The monoisotopic (exact) mass is 329 g/mol. The molecule has 1 fully saturated rings. The van der Waals surface area contributed by atoms with Crippen LogP contribution in [-0.4, -0.2) is 42.6 Å². The van der Waals surface area contributed by atoms with Crippen molar-refractivity contribution in [3.05, 3.63) is 59.7 Å². The van der Waals surface area contributed by atoms with Crippen LogP contribution in [0.2, 0.25) is 0 Å². The fraction of sp³-hybridized carbons (Fsp3) is 0.318. The van der Waals surface area contributed by atoms with Crippen LogP contribution in [0.4, 0.5) is 5.82 Å². The third kappa shape index (κ3) is 2.34. The van der Waals surface area contributed by atoms with Gasteiger partial charge >= 0.3 is 0 Å². The first-order valence-corrected chi connectivity index (χ1v) is 9.32. The van der Waals surface area contributed by atoms with Crippen molar-refractivity contribution in [2.45, 2.75) is 13.3 Å². The van der Waals surface area contributed by atoms with Gasteiger partial charge in [-0.25, -0.2) is 4.98 Å². The van der Waals surface area contributed by atoms with E-state index < -0.39 is 0 Å². The van der Waals surface area contributed by atoms with Gasteiger partial charge in [-0.3, -0.25) is 0 Å². The summed E-state index contributed by atoms with van der Waals surface area (Å²) in [6.45, 7) is 7.80. The van der Waals surface area contributed by atoms with Gasteiger partial charge in [-0.05, 0) is 29.3 Å². The molecule has 0 radical (unpaired) electrons. The molecule has 25 heavy (non-hydrogen) atoms. The van der Waals surface area contributed by atoms with Crippen LogP contribution in [0.3, 0.4) is 0 Å². The Balaban J connectivity index is 1.68. The molecule has 2 heterocycles. The molecule has 2 aliphatic rings. The standard InChI is InChI=1S/C22H23N3/c1-2-24-11-13-25(14-12-24)22-19-15-16-7-3-4-8-17(16)21(19)18-9-5-6-10-20(18)23-22/h3-10H,2,11-15H2,1H3. The largest absolute Gasteiger partial charge is 0.354 e. The molecule has 1 aromatic heterocycles. The number of hydrogen-bond acceptors (Lipinski definition) is 3. The number of benzene rings is 2. The molecule has 0 saturated carbocycles. The summed E-state index contributed by atoms with van der Waals surface area (Å²) in [4.78, 5) is 10.1. The van der Waals surface area contributed by atoms with Gasteiger partial charge in [0.25, 0.3) is 0 Å². The van der Waals surface area contributed by atoms with E-state index in [-0.39, 0.29) is 0 Å². The van der Waals surface area contributed by atoms with Gasteiger partial charge < -0.3 is 9.80 Å². The molecule has 1 aliphatic carbocycles. The van der Waals surface area contributed by atoms with Crippen LogP contribution < -0.4 is 4.90 Å². The van der Waals surface area contributed by atoms with Crippen LogP contribution in [0.25, 0.3) is 22.0 Å². The van der Waals surface area contributed by atoms with Gasteiger partial charge in [0.05, 0.1) is 5.52 Å². The number of rotatable bonds is 2. The minimum atomic E-state index is 1.01. The molecule has 0 spiro atoms. The average Bonchev–Trinajstić information content (AvgIpc) is 3.07. The summed E-state index contributed by atoms with van der Waals surface area (Å²) in [6.07, 6.45) is 1.01. The molecule has 3 nitrogen and oxygen atoms in total. The highest BCUT2D eigenvalue weighted by Crippen LogP contribution is 2.44. The number of anilines is 1. The number of pyridine rings is 1. The maximum atomic E-state index is 5.11. The number of piperazine rings is 1. The topological polar surface area (TPSA) is 19.4 Å². The first kappa shape index (κ1) is 14.9. The zero-order valence-electron chi connectivity index (χ0n) is 14.7. The van der Waals surface area contributed by atoms with E-state index in [0.717, 1.165) is 44.7 Å². The zero-order chi connectivity index (χ0) is 16.8. The molecule has 1 saturated heterocycles. The highest BCUT2D eigenvalue weighted by atomic mass is 15.3. The van der Waals surface area contributed by atoms with Crippen molar-refractivity contribution in [2.24, 2.45) is 0 Å². The fourth-order valence-electron chi connectivity index (χ4n) is 4.36. The maximum Gasteiger partial charge on any atom is 0.133 e. The normalized spacial score (nSPS) is 16.9. The number of fused-ring (bicyclic) bond motifs is 5. The molecule has 3 heteroatoms. The van der Waals surface area contributed by atoms with E-state index in [1.165, 1.54) is 33.5 Å². The smallest absolute Gasteiger partial charge is 0.133 e. The first-order chi connectivity index (χ1) is 12.3. The number of likely N-dealkylation sites (N-methyl/N-ethyl adjacent to an activating group) is 1. The molecule has 0 N–H and O–H groups in total. The molecule has 0 atom stereocenters. The lowest BCUT2D eigenvalue weighted by atomic mass is 10.0. The Morgan fingerprint density at radius 1 is 0.920 bits per heavy atom. The summed E-state index contributed by atoms with van der Waals surface area (Å²) in [7, 11) is 0. The maximum absolute atomic E-state index is 5.11. The van der Waals surface area contributed by atoms with Crippen molar-refractivity contribution in [1.82, 2.24) is 9.88 Å². The molecular weight excluding hydrogens is 306 g/mol. The number of aromatic nitrogens is 1. The average molecular weight is 329 g/mol. The van der Waals surface area contributed by atoms with Crippen LogP contribution >= 0.6 is 0 Å². The van der Waals surface area contributed by atoms with Crippen molar-refractivity contribution in [2.75, 3.05) is 37.6 Å². The zero-order valence-corrected chi connectivity index (χ0v) is 14.7. The Kier molecular flexibility index (Phi) is 3.49. The fourth-order valence-corrected chi connectivity index (χ4v) is 4.36. The molecule has 1 aliphatic heterocycles. The molecule has 0 bridgehead atoms. The van der Waals surface area contributed by atoms with Crippen molar-refractivity contribution < 1.29 is 0 Å². The van der Waals surface area contributed by atoms with Crippen LogP contribution in [0, 0.1) is 0 Å². The number of nitrogens with zero attached hydrogens (tertiary/aromatic N) is 3. The summed E-state index contributed by atoms with van der Waals surface area (Å²) >= 11 is 0. The van der Waals surface area contributed by atoms with Crippen molar-refractivity contribution in [3.8, 4) is 11.1 Å². The molecule has 5 rings (SSSR count). The quantitative estimate of drug-likeness (QED) is 0.555. The molecule has 0 unspecified atom stereocenters. The van der Waals surface area contributed by atoms with Gasteiger partial charge in [0.2, 0.25) is 0 Å². The van der Waals surface area contributed by atoms with Gasteiger partial charge in [-0.1, -0.05) is 49.4 Å². The summed E-state index contributed by atoms with van der Waals surface area (Å²) in [6, 6.07) is 17.5. The number of hydrogen-bond donors (Lipinski definition) is 0. The lowest BCUT2D eigenvalue weighted by molar-refractivity contribution is 0.270. The number of para-hydroxylation sites is 1. The van der Waals surface area contributed by atoms with Gasteiger partial charge in [-0.15, -0.1) is 0 Å². The van der Waals surface area contributed by atoms with E-state index in [2.05, 4.69) is 65.3 Å². The molecule has 126 valence electrons. The van der Waals surface area contributed by atoms with Gasteiger partial charge in [-0.2, -0.15) is 0 Å². The van der Waals surface area contributed by atoms with Gasteiger partial charge in [0.1, 0.15) is 5.82 Å². The summed E-state index contributed by atoms with van der Waals surface area (Å²) in [5.41, 5.74) is 6.78. The van der Waals surface area contributed by atoms with E-state index in [1.54, 1.807) is 0 Å². The highest BCUT2D eigenvalue weighted by Gasteiger charge is 2.28. The van der Waals surface area contributed by atoms with E-state index in [0.29, 0.717) is 0 Å². The Morgan fingerprint density at radius 2 is 1.68 bits per heavy atom. The van der Waals surface area contributed by atoms with Crippen molar-refractivity contribution in [1.29, 1.82) is 0 Å². The third-order valence-corrected chi connectivity index (χ3v) is 5.74. The summed E-state index contributed by atoms with van der Waals surface area (Å²) < 4.78 is 0. The Labute approximate surface area is 148 Å². The van der Waals surface area contributed by atoms with Crippen molar-refractivity contribution >= 4 is 16.7 Å². The Bertz CT molecular complexity index is 939. The molecule has 3 aromatic rings. The second kappa shape index (κ2) is 5.85. The van der Waals surface area contributed by atoms with E-state index >= 15 is 0 Å². The van der Waals surface area contributed by atoms with Crippen molar-refractivity contribution in [3.63, 3.8) is 0 Å². The molecule has 0 amide bonds. The minimum Gasteiger partial charge on any atom is -0.354 e. The Morgan fingerprint density at radius 3 is 2.52 bits per heavy atom. The highest BCUT2D eigenvalue weighted by molar-refractivity contribution is 6.01. The van der Waals surface area contributed by atoms with Gasteiger partial charge in [0.15, 0.2) is 0 Å². The summed E-state index contributed by atoms with van der Waals surface area (Å²) in [5.74, 6) is 1.21. The van der Waals surface area contributed by atoms with E-state index in [4.69, 9.17) is 4.98 Å². The van der Waals surface area contributed by atoms with Gasteiger partial charge in [0, 0.05) is 43.5 Å². The third-order valence-electron chi connectivity index (χ3n) is 5.74. The lowest BCUT2D eigenvalue weighted by Crippen LogP contribution is -2.46. The predicted octanol–water partition coefficient (Wildman–Crippen LogP) is 3.95. The van der Waals surface area contributed by atoms with Crippen LogP contribution in [0.5, 0.6) is 0 Å². The first-order valence-electron chi connectivity index (χ1n) is 9.32. The van der Waals surface area contributed by atoms with Crippen LogP contribution in [0.1, 0.15) is 18.1 Å². The lowest BCUT2D eigenvalue weighted by Gasteiger charge is -2.35. The van der Waals surface area contributed by atoms with E-state index in [9.17, 15) is 0 Å². The summed E-state index contributed by atoms with van der Waals surface area (Å²) in [5, 5.41) is 1.29. The van der Waals surface area contributed by atoms with Crippen LogP contribution in [-0.2, 0) is 6.42 Å². The molecule has 2 aromatic carbocycles. The SMILES string of the molecule is CCN1CCN(c2nc3ccccc3c3c2Cc2ccccc2-3)CC1. The predicted molar refractivity (Wildman–Crippen MR) is 104 cm³/mol. The molecular formula is C22H23N3. The van der Waals surface area contributed by atoms with Crippen LogP contribution in [0.15, 0.2) is 48.5 Å². The second-order valence-electron chi connectivity index (χ2n) is 7.06. The Hall–Kier alpha value is -2.39. The second-order valence-corrected chi connectivity index (χ2v) is 7.06. The minimum absolute atomic E-state index is 1.01.